The number of nitrogens with one attached hydrogen (secondary N) is 1. The number of guanidine groups is 1. The van der Waals surface area contributed by atoms with E-state index in [1.165, 1.54) is 51.7 Å². The van der Waals surface area contributed by atoms with E-state index in [1.807, 2.05) is 38.1 Å². The molecule has 1 heterocycles. The topological polar surface area (TPSA) is 62.9 Å². The van der Waals surface area contributed by atoms with Crippen LogP contribution in [0.3, 0.4) is 0 Å². The summed E-state index contributed by atoms with van der Waals surface area (Å²) in [5.74, 6) is 1.35. The fourth-order valence-electron chi connectivity index (χ4n) is 3.08. The van der Waals surface area contributed by atoms with Gasteiger partial charge >= 0.3 is 0 Å². The first-order valence-corrected chi connectivity index (χ1v) is 9.69. The summed E-state index contributed by atoms with van der Waals surface area (Å²) in [5, 5.41) is 3.13. The summed E-state index contributed by atoms with van der Waals surface area (Å²) in [7, 11) is 0. The average molecular weight is 347 g/mol. The van der Waals surface area contributed by atoms with E-state index in [0.29, 0.717) is 5.96 Å². The first-order chi connectivity index (χ1) is 12.1. The lowest BCUT2D eigenvalue weighted by Crippen LogP contribution is -2.30. The van der Waals surface area contributed by atoms with Gasteiger partial charge in [-0.3, -0.25) is 4.99 Å². The standard InChI is InChI=1S/C20H34N4O/c1-17(2)25-19-11-9-18(10-12-19)23-20(21)22-13-5-3-6-14-24-15-7-4-8-16-24/h9-12,17H,3-8,13-16H2,1-2H3,(H3,21,22,23). The van der Waals surface area contributed by atoms with Crippen LogP contribution >= 0.6 is 0 Å². The molecule has 1 saturated heterocycles. The number of benzene rings is 1. The number of nitrogens with two attached hydrogens (primary N) is 1. The number of hydrogen-bond acceptors (Lipinski definition) is 3. The Morgan fingerprint density at radius 3 is 2.52 bits per heavy atom. The smallest absolute Gasteiger partial charge is 0.193 e. The summed E-state index contributed by atoms with van der Waals surface area (Å²) in [5.41, 5.74) is 6.89. The Hall–Kier alpha value is -1.75. The Balaban J connectivity index is 1.59. The summed E-state index contributed by atoms with van der Waals surface area (Å²) < 4.78 is 5.63. The van der Waals surface area contributed by atoms with Crippen molar-refractivity contribution >= 4 is 11.6 Å². The maximum Gasteiger partial charge on any atom is 0.193 e. The molecule has 1 aromatic rings. The predicted octanol–water partition coefficient (Wildman–Crippen LogP) is 3.86. The number of unbranched alkanes of at least 4 members (excludes halogenated alkanes) is 2. The van der Waals surface area contributed by atoms with Crippen LogP contribution in [-0.4, -0.2) is 43.1 Å². The van der Waals surface area contributed by atoms with Crippen molar-refractivity contribution in [2.24, 2.45) is 10.7 Å². The largest absolute Gasteiger partial charge is 0.491 e. The Morgan fingerprint density at radius 2 is 1.84 bits per heavy atom. The molecule has 1 fully saturated rings. The van der Waals surface area contributed by atoms with Gasteiger partial charge in [-0.25, -0.2) is 0 Å². The predicted molar refractivity (Wildman–Crippen MR) is 106 cm³/mol. The third-order valence-electron chi connectivity index (χ3n) is 4.36. The van der Waals surface area contributed by atoms with Crippen molar-refractivity contribution in [2.75, 3.05) is 31.5 Å². The molecule has 3 N–H and O–H groups in total. The van der Waals surface area contributed by atoms with Crippen molar-refractivity contribution in [2.45, 2.75) is 58.5 Å². The zero-order valence-electron chi connectivity index (χ0n) is 15.8. The van der Waals surface area contributed by atoms with Gasteiger partial charge in [-0.2, -0.15) is 0 Å². The van der Waals surface area contributed by atoms with E-state index in [0.717, 1.165) is 24.4 Å². The number of rotatable bonds is 9. The highest BCUT2D eigenvalue weighted by molar-refractivity contribution is 5.92. The Kier molecular flexibility index (Phi) is 8.60. The lowest BCUT2D eigenvalue weighted by molar-refractivity contribution is 0.224. The molecular weight excluding hydrogens is 312 g/mol. The van der Waals surface area contributed by atoms with Crippen LogP contribution < -0.4 is 15.8 Å². The third kappa shape index (κ3) is 8.25. The van der Waals surface area contributed by atoms with Crippen LogP contribution in [0.15, 0.2) is 29.3 Å². The van der Waals surface area contributed by atoms with Gasteiger partial charge in [-0.05, 0) is 83.4 Å². The van der Waals surface area contributed by atoms with Crippen LogP contribution in [0, 0.1) is 0 Å². The molecular formula is C20H34N4O. The number of likely N-dealkylation sites (tertiary alicyclic amines) is 1. The van der Waals surface area contributed by atoms with Gasteiger partial charge in [0.1, 0.15) is 5.75 Å². The second-order valence-corrected chi connectivity index (χ2v) is 7.05. The number of anilines is 1. The maximum absolute atomic E-state index is 5.96. The summed E-state index contributed by atoms with van der Waals surface area (Å²) >= 11 is 0. The van der Waals surface area contributed by atoms with Crippen LogP contribution in [-0.2, 0) is 0 Å². The molecule has 0 radical (unpaired) electrons. The SMILES string of the molecule is CC(C)Oc1ccc(NC(N)=NCCCCCN2CCCCC2)cc1. The van der Waals surface area contributed by atoms with Crippen molar-refractivity contribution in [1.82, 2.24) is 4.90 Å². The molecule has 0 spiro atoms. The monoisotopic (exact) mass is 346 g/mol. The summed E-state index contributed by atoms with van der Waals surface area (Å²) in [6.45, 7) is 8.63. The molecule has 0 atom stereocenters. The van der Waals surface area contributed by atoms with Crippen molar-refractivity contribution < 1.29 is 4.74 Å². The van der Waals surface area contributed by atoms with Crippen molar-refractivity contribution in [1.29, 1.82) is 0 Å². The fourth-order valence-corrected chi connectivity index (χ4v) is 3.08. The zero-order valence-corrected chi connectivity index (χ0v) is 15.8. The molecule has 140 valence electrons. The van der Waals surface area contributed by atoms with Crippen LogP contribution in [0.1, 0.15) is 52.4 Å². The van der Waals surface area contributed by atoms with Gasteiger partial charge in [-0.15, -0.1) is 0 Å². The van der Waals surface area contributed by atoms with E-state index in [1.54, 1.807) is 0 Å². The molecule has 0 saturated carbocycles. The van der Waals surface area contributed by atoms with Gasteiger partial charge in [0.2, 0.25) is 0 Å². The van der Waals surface area contributed by atoms with E-state index < -0.39 is 0 Å². The first-order valence-electron chi connectivity index (χ1n) is 9.69. The highest BCUT2D eigenvalue weighted by atomic mass is 16.5. The molecule has 5 heteroatoms. The highest BCUT2D eigenvalue weighted by Crippen LogP contribution is 2.16. The minimum atomic E-state index is 0.181. The maximum atomic E-state index is 5.96. The Morgan fingerprint density at radius 1 is 1.12 bits per heavy atom. The van der Waals surface area contributed by atoms with Gasteiger partial charge in [-0.1, -0.05) is 12.8 Å². The molecule has 2 rings (SSSR count). The molecule has 25 heavy (non-hydrogen) atoms. The van der Waals surface area contributed by atoms with Crippen LogP contribution in [0.25, 0.3) is 0 Å². The zero-order chi connectivity index (χ0) is 17.9. The number of piperidine rings is 1. The van der Waals surface area contributed by atoms with Crippen molar-refractivity contribution in [3.63, 3.8) is 0 Å². The van der Waals surface area contributed by atoms with E-state index in [4.69, 9.17) is 10.5 Å². The summed E-state index contributed by atoms with van der Waals surface area (Å²) in [6, 6.07) is 7.80. The Labute approximate surface area is 152 Å². The van der Waals surface area contributed by atoms with Gasteiger partial charge < -0.3 is 20.7 Å². The van der Waals surface area contributed by atoms with E-state index in [2.05, 4.69) is 15.2 Å². The molecule has 5 nitrogen and oxygen atoms in total. The highest BCUT2D eigenvalue weighted by Gasteiger charge is 2.08. The lowest BCUT2D eigenvalue weighted by Gasteiger charge is -2.26. The lowest BCUT2D eigenvalue weighted by atomic mass is 10.1. The quantitative estimate of drug-likeness (QED) is 0.405. The number of aliphatic imine (C=N–C) groups is 1. The first kappa shape index (κ1) is 19.6. The summed E-state index contributed by atoms with van der Waals surface area (Å²) in [6.07, 6.45) is 7.91. The number of hydrogen-bond donors (Lipinski definition) is 2. The molecule has 0 bridgehead atoms. The molecule has 0 aromatic heterocycles. The van der Waals surface area contributed by atoms with Gasteiger partial charge in [0.25, 0.3) is 0 Å². The van der Waals surface area contributed by atoms with E-state index >= 15 is 0 Å². The van der Waals surface area contributed by atoms with Gasteiger partial charge in [0.15, 0.2) is 5.96 Å². The summed E-state index contributed by atoms with van der Waals surface area (Å²) in [4.78, 5) is 7.01. The van der Waals surface area contributed by atoms with Crippen LogP contribution in [0.5, 0.6) is 5.75 Å². The van der Waals surface area contributed by atoms with Gasteiger partial charge in [0, 0.05) is 12.2 Å². The van der Waals surface area contributed by atoms with Crippen LogP contribution in [0.2, 0.25) is 0 Å². The van der Waals surface area contributed by atoms with E-state index in [-0.39, 0.29) is 6.10 Å². The molecule has 0 unspecified atom stereocenters. The average Bonchev–Trinajstić information content (AvgIpc) is 2.60. The molecule has 1 aromatic carbocycles. The molecule has 0 aliphatic carbocycles. The second-order valence-electron chi connectivity index (χ2n) is 7.05. The van der Waals surface area contributed by atoms with Crippen molar-refractivity contribution in [3.8, 4) is 5.75 Å². The van der Waals surface area contributed by atoms with E-state index in [9.17, 15) is 0 Å². The third-order valence-corrected chi connectivity index (χ3v) is 4.36. The van der Waals surface area contributed by atoms with Crippen LogP contribution in [0.4, 0.5) is 5.69 Å². The normalized spacial score (nSPS) is 16.2. The molecule has 1 aliphatic rings. The Bertz CT molecular complexity index is 507. The fraction of sp³-hybridized carbons (Fsp3) is 0.650. The minimum Gasteiger partial charge on any atom is -0.491 e. The van der Waals surface area contributed by atoms with Crippen molar-refractivity contribution in [3.05, 3.63) is 24.3 Å². The minimum absolute atomic E-state index is 0.181. The second kappa shape index (κ2) is 11.0. The number of nitrogens with zero attached hydrogens (tertiary/aromatic N) is 2. The molecule has 0 amide bonds. The van der Waals surface area contributed by atoms with Gasteiger partial charge in [0.05, 0.1) is 6.10 Å². The number of ether oxygens (including phenoxy) is 1. The molecule has 1 aliphatic heterocycles.